The lowest BCUT2D eigenvalue weighted by atomic mass is 10.0. The Morgan fingerprint density at radius 3 is 2.81 bits per heavy atom. The first-order valence-corrected chi connectivity index (χ1v) is 8.11. The molecule has 1 aromatic rings. The zero-order valence-electron chi connectivity index (χ0n) is 13.1. The molecule has 3 rings (SSSR count). The van der Waals surface area contributed by atoms with Gasteiger partial charge < -0.3 is 10.5 Å². The van der Waals surface area contributed by atoms with Crippen LogP contribution in [0.3, 0.4) is 0 Å². The summed E-state index contributed by atoms with van der Waals surface area (Å²) < 4.78 is 5.40. The van der Waals surface area contributed by atoms with E-state index in [1.807, 2.05) is 0 Å². The molecule has 1 unspecified atom stereocenters. The summed E-state index contributed by atoms with van der Waals surface area (Å²) in [6.45, 7) is 10.2. The van der Waals surface area contributed by atoms with E-state index in [0.29, 0.717) is 12.6 Å². The highest BCUT2D eigenvalue weighted by Crippen LogP contribution is 2.33. The molecule has 0 aromatic heterocycles. The SMILES string of the molecule is Cc1ccc2c(c1)C(CN)N(CCCN1CCOCC1)C2. The van der Waals surface area contributed by atoms with Crippen molar-refractivity contribution in [3.8, 4) is 0 Å². The maximum atomic E-state index is 6.04. The molecule has 2 heterocycles. The molecule has 2 aliphatic heterocycles. The number of benzene rings is 1. The predicted molar refractivity (Wildman–Crippen MR) is 85.3 cm³/mol. The number of nitrogens with zero attached hydrogens (tertiary/aromatic N) is 2. The molecule has 1 saturated heterocycles. The van der Waals surface area contributed by atoms with Crippen molar-refractivity contribution in [2.75, 3.05) is 45.9 Å². The molecule has 0 bridgehead atoms. The van der Waals surface area contributed by atoms with Crippen LogP contribution in [0.1, 0.15) is 29.2 Å². The Hall–Kier alpha value is -0.940. The minimum absolute atomic E-state index is 0.407. The van der Waals surface area contributed by atoms with E-state index in [9.17, 15) is 0 Å². The Bertz CT molecular complexity index is 471. The van der Waals surface area contributed by atoms with E-state index < -0.39 is 0 Å². The molecule has 4 nitrogen and oxygen atoms in total. The lowest BCUT2D eigenvalue weighted by Crippen LogP contribution is -2.38. The van der Waals surface area contributed by atoms with Crippen LogP contribution >= 0.6 is 0 Å². The molecule has 0 saturated carbocycles. The van der Waals surface area contributed by atoms with Gasteiger partial charge in [0.25, 0.3) is 0 Å². The highest BCUT2D eigenvalue weighted by Gasteiger charge is 2.28. The Kier molecular flexibility index (Phi) is 4.91. The molecule has 0 spiro atoms. The van der Waals surface area contributed by atoms with Gasteiger partial charge in [0.15, 0.2) is 0 Å². The second-order valence-electron chi connectivity index (χ2n) is 6.23. The first-order chi connectivity index (χ1) is 10.3. The third-order valence-electron chi connectivity index (χ3n) is 4.72. The fourth-order valence-corrected chi connectivity index (χ4v) is 3.53. The van der Waals surface area contributed by atoms with Crippen LogP contribution < -0.4 is 5.73 Å². The van der Waals surface area contributed by atoms with Gasteiger partial charge >= 0.3 is 0 Å². The topological polar surface area (TPSA) is 41.7 Å². The second-order valence-corrected chi connectivity index (χ2v) is 6.23. The van der Waals surface area contributed by atoms with E-state index in [0.717, 1.165) is 39.4 Å². The van der Waals surface area contributed by atoms with Crippen LogP contribution in [0.5, 0.6) is 0 Å². The molecular weight excluding hydrogens is 262 g/mol. The molecule has 2 N–H and O–H groups in total. The van der Waals surface area contributed by atoms with Gasteiger partial charge in [0.1, 0.15) is 0 Å². The van der Waals surface area contributed by atoms with Crippen molar-refractivity contribution in [1.82, 2.24) is 9.80 Å². The number of hydrogen-bond acceptors (Lipinski definition) is 4. The monoisotopic (exact) mass is 289 g/mol. The summed E-state index contributed by atoms with van der Waals surface area (Å²) in [6.07, 6.45) is 1.21. The molecule has 0 amide bonds. The summed E-state index contributed by atoms with van der Waals surface area (Å²) >= 11 is 0. The maximum absolute atomic E-state index is 6.04. The van der Waals surface area contributed by atoms with Crippen molar-refractivity contribution in [2.24, 2.45) is 5.73 Å². The van der Waals surface area contributed by atoms with Gasteiger partial charge in [-0.2, -0.15) is 0 Å². The summed E-state index contributed by atoms with van der Waals surface area (Å²) in [5.74, 6) is 0. The zero-order valence-corrected chi connectivity index (χ0v) is 13.1. The van der Waals surface area contributed by atoms with Crippen molar-refractivity contribution in [1.29, 1.82) is 0 Å². The van der Waals surface area contributed by atoms with Crippen LogP contribution in [0.25, 0.3) is 0 Å². The quantitative estimate of drug-likeness (QED) is 0.893. The Labute approximate surface area is 127 Å². The van der Waals surface area contributed by atoms with E-state index in [-0.39, 0.29) is 0 Å². The molecule has 4 heteroatoms. The lowest BCUT2D eigenvalue weighted by molar-refractivity contribution is 0.0355. The first-order valence-electron chi connectivity index (χ1n) is 8.11. The minimum Gasteiger partial charge on any atom is -0.379 e. The number of fused-ring (bicyclic) bond motifs is 1. The smallest absolute Gasteiger partial charge is 0.0594 e. The van der Waals surface area contributed by atoms with Crippen molar-refractivity contribution in [3.63, 3.8) is 0 Å². The Morgan fingerprint density at radius 2 is 2.05 bits per heavy atom. The van der Waals surface area contributed by atoms with Crippen molar-refractivity contribution in [2.45, 2.75) is 25.9 Å². The average Bonchev–Trinajstić information content (AvgIpc) is 2.85. The summed E-state index contributed by atoms with van der Waals surface area (Å²) in [4.78, 5) is 5.05. The highest BCUT2D eigenvalue weighted by molar-refractivity contribution is 5.37. The molecule has 116 valence electrons. The van der Waals surface area contributed by atoms with Gasteiger partial charge in [0.2, 0.25) is 0 Å². The molecule has 0 aliphatic carbocycles. The van der Waals surface area contributed by atoms with Gasteiger partial charge in [-0.05, 0) is 31.0 Å². The largest absolute Gasteiger partial charge is 0.379 e. The predicted octanol–water partition coefficient (Wildman–Crippen LogP) is 1.53. The second kappa shape index (κ2) is 6.88. The number of morpholine rings is 1. The van der Waals surface area contributed by atoms with Crippen molar-refractivity contribution in [3.05, 3.63) is 34.9 Å². The van der Waals surface area contributed by atoms with Crippen LogP contribution in [0.15, 0.2) is 18.2 Å². The number of ether oxygens (including phenoxy) is 1. The third kappa shape index (κ3) is 3.46. The Balaban J connectivity index is 1.54. The van der Waals surface area contributed by atoms with Crippen molar-refractivity contribution >= 4 is 0 Å². The van der Waals surface area contributed by atoms with E-state index >= 15 is 0 Å². The van der Waals surface area contributed by atoms with Gasteiger partial charge in [-0.15, -0.1) is 0 Å². The van der Waals surface area contributed by atoms with E-state index in [1.54, 1.807) is 0 Å². The summed E-state index contributed by atoms with van der Waals surface area (Å²) in [6, 6.07) is 7.21. The zero-order chi connectivity index (χ0) is 14.7. The number of rotatable bonds is 5. The maximum Gasteiger partial charge on any atom is 0.0594 e. The molecule has 1 aromatic carbocycles. The summed E-state index contributed by atoms with van der Waals surface area (Å²) in [7, 11) is 0. The fraction of sp³-hybridized carbons (Fsp3) is 0.647. The van der Waals surface area contributed by atoms with E-state index in [2.05, 4.69) is 34.9 Å². The minimum atomic E-state index is 0.407. The normalized spacial score (nSPS) is 23.4. The van der Waals surface area contributed by atoms with E-state index in [4.69, 9.17) is 10.5 Å². The highest BCUT2D eigenvalue weighted by atomic mass is 16.5. The molecular formula is C17H27N3O. The van der Waals surface area contributed by atoms with Crippen LogP contribution in [-0.4, -0.2) is 55.7 Å². The van der Waals surface area contributed by atoms with Gasteiger partial charge in [-0.3, -0.25) is 9.80 Å². The first kappa shape index (κ1) is 15.0. The molecule has 0 radical (unpaired) electrons. The molecule has 2 aliphatic rings. The van der Waals surface area contributed by atoms with Crippen molar-refractivity contribution < 1.29 is 4.74 Å². The van der Waals surface area contributed by atoms with E-state index in [1.165, 1.54) is 29.7 Å². The van der Waals surface area contributed by atoms with Crippen LogP contribution in [0.4, 0.5) is 0 Å². The molecule has 1 atom stereocenters. The van der Waals surface area contributed by atoms with Gasteiger partial charge in [-0.1, -0.05) is 23.8 Å². The third-order valence-corrected chi connectivity index (χ3v) is 4.72. The van der Waals surface area contributed by atoms with Crippen LogP contribution in [0.2, 0.25) is 0 Å². The number of aryl methyl sites for hydroxylation is 1. The van der Waals surface area contributed by atoms with Crippen LogP contribution in [0, 0.1) is 6.92 Å². The fourth-order valence-electron chi connectivity index (χ4n) is 3.53. The number of hydrogen-bond donors (Lipinski definition) is 1. The van der Waals surface area contributed by atoms with Gasteiger partial charge in [-0.25, -0.2) is 0 Å². The average molecular weight is 289 g/mol. The standard InChI is InChI=1S/C17H27N3O/c1-14-3-4-15-13-20(17(12-18)16(15)11-14)6-2-5-19-7-9-21-10-8-19/h3-4,11,17H,2,5-10,12-13,18H2,1H3. The van der Waals surface area contributed by atoms with Crippen LogP contribution in [-0.2, 0) is 11.3 Å². The summed E-state index contributed by atoms with van der Waals surface area (Å²) in [5.41, 5.74) is 10.3. The lowest BCUT2D eigenvalue weighted by Gasteiger charge is -2.28. The summed E-state index contributed by atoms with van der Waals surface area (Å²) in [5, 5.41) is 0. The van der Waals surface area contributed by atoms with Gasteiger partial charge in [0.05, 0.1) is 13.2 Å². The van der Waals surface area contributed by atoms with Gasteiger partial charge in [0, 0.05) is 38.8 Å². The Morgan fingerprint density at radius 1 is 1.24 bits per heavy atom. The molecule has 1 fully saturated rings. The molecule has 21 heavy (non-hydrogen) atoms. The number of nitrogens with two attached hydrogens (primary N) is 1.